The molecule has 2 aliphatic rings. The van der Waals surface area contributed by atoms with E-state index >= 15 is 0 Å². The molecule has 0 radical (unpaired) electrons. The molecule has 1 aliphatic heterocycles. The molecule has 0 aromatic heterocycles. The number of alkyl halides is 3. The summed E-state index contributed by atoms with van der Waals surface area (Å²) in [5.41, 5.74) is -0.659. The maximum Gasteiger partial charge on any atom is 0.416 e. The molecule has 0 spiro atoms. The van der Waals surface area contributed by atoms with Crippen molar-refractivity contribution in [1.29, 1.82) is 0 Å². The number of carbonyl (C=O) groups excluding carboxylic acids is 2. The Labute approximate surface area is 147 Å². The summed E-state index contributed by atoms with van der Waals surface area (Å²) in [5, 5.41) is 8.89. The van der Waals surface area contributed by atoms with Gasteiger partial charge in [-0.2, -0.15) is 13.2 Å². The molecule has 9 heteroatoms. The fraction of sp³-hybridized carbons (Fsp3) is 0.471. The summed E-state index contributed by atoms with van der Waals surface area (Å²) in [7, 11) is 0. The van der Waals surface area contributed by atoms with Gasteiger partial charge in [-0.15, -0.1) is 0 Å². The van der Waals surface area contributed by atoms with Crippen molar-refractivity contribution in [3.05, 3.63) is 35.4 Å². The molecular weight excluding hydrogens is 353 g/mol. The van der Waals surface area contributed by atoms with Crippen LogP contribution in [0.25, 0.3) is 0 Å². The van der Waals surface area contributed by atoms with Crippen molar-refractivity contribution >= 4 is 17.8 Å². The molecule has 1 aromatic carbocycles. The van der Waals surface area contributed by atoms with Gasteiger partial charge in [0, 0.05) is 31.7 Å². The largest absolute Gasteiger partial charge is 0.481 e. The summed E-state index contributed by atoms with van der Waals surface area (Å²) in [4.78, 5) is 38.5. The first-order valence-electron chi connectivity index (χ1n) is 8.16. The predicted molar refractivity (Wildman–Crippen MR) is 83.2 cm³/mol. The third kappa shape index (κ3) is 3.66. The summed E-state index contributed by atoms with van der Waals surface area (Å²) in [5.74, 6) is -2.67. The number of rotatable bonds is 3. The third-order valence-corrected chi connectivity index (χ3v) is 4.76. The average Bonchev–Trinajstić information content (AvgIpc) is 3.41. The van der Waals surface area contributed by atoms with Crippen LogP contribution in [-0.2, 0) is 15.8 Å². The molecule has 6 nitrogen and oxygen atoms in total. The van der Waals surface area contributed by atoms with Gasteiger partial charge >= 0.3 is 12.1 Å². The van der Waals surface area contributed by atoms with E-state index in [0.717, 1.165) is 24.3 Å². The molecule has 3 rings (SSSR count). The molecular formula is C17H17F3N2O4. The van der Waals surface area contributed by atoms with Crippen LogP contribution in [0.2, 0.25) is 0 Å². The number of halogens is 3. The Hall–Kier alpha value is -2.58. The Morgan fingerprint density at radius 1 is 0.923 bits per heavy atom. The highest BCUT2D eigenvalue weighted by Crippen LogP contribution is 2.40. The molecule has 2 atom stereocenters. The van der Waals surface area contributed by atoms with E-state index in [4.69, 9.17) is 5.11 Å². The monoisotopic (exact) mass is 370 g/mol. The molecule has 1 saturated heterocycles. The minimum absolute atomic E-state index is 0.158. The number of piperazine rings is 1. The summed E-state index contributed by atoms with van der Waals surface area (Å²) in [6, 6.07) is 4.02. The van der Waals surface area contributed by atoms with Crippen LogP contribution in [-0.4, -0.2) is 58.9 Å². The van der Waals surface area contributed by atoms with Gasteiger partial charge in [-0.25, -0.2) is 0 Å². The highest BCUT2D eigenvalue weighted by molar-refractivity contribution is 5.94. The van der Waals surface area contributed by atoms with Gasteiger partial charge in [0.25, 0.3) is 5.91 Å². The maximum absolute atomic E-state index is 12.6. The molecule has 1 saturated carbocycles. The van der Waals surface area contributed by atoms with Gasteiger partial charge < -0.3 is 14.9 Å². The first kappa shape index (κ1) is 18.2. The van der Waals surface area contributed by atoms with E-state index in [0.29, 0.717) is 6.42 Å². The van der Waals surface area contributed by atoms with Gasteiger partial charge in [-0.3, -0.25) is 14.4 Å². The second-order valence-corrected chi connectivity index (χ2v) is 6.48. The predicted octanol–water partition coefficient (Wildman–Crippen LogP) is 1.71. The SMILES string of the molecule is O=C(O)C1CC1C(=O)N1CCN(C(=O)c2ccc(C(F)(F)F)cc2)CC1. The lowest BCUT2D eigenvalue weighted by molar-refractivity contribution is -0.142. The molecule has 2 amide bonds. The topological polar surface area (TPSA) is 77.9 Å². The zero-order valence-corrected chi connectivity index (χ0v) is 13.7. The third-order valence-electron chi connectivity index (χ3n) is 4.76. The number of hydrogen-bond acceptors (Lipinski definition) is 3. The number of aliphatic carboxylic acids is 1. The van der Waals surface area contributed by atoms with Crippen LogP contribution in [0.5, 0.6) is 0 Å². The van der Waals surface area contributed by atoms with Gasteiger partial charge in [-0.05, 0) is 30.7 Å². The Kier molecular flexibility index (Phi) is 4.64. The summed E-state index contributed by atoms with van der Waals surface area (Å²) in [6.45, 7) is 1.09. The van der Waals surface area contributed by atoms with Crippen molar-refractivity contribution in [1.82, 2.24) is 9.80 Å². The first-order chi connectivity index (χ1) is 12.2. The lowest BCUT2D eigenvalue weighted by Crippen LogP contribution is -2.51. The van der Waals surface area contributed by atoms with Crippen LogP contribution in [0, 0.1) is 11.8 Å². The average molecular weight is 370 g/mol. The van der Waals surface area contributed by atoms with Gasteiger partial charge in [0.2, 0.25) is 5.91 Å². The van der Waals surface area contributed by atoms with E-state index in [1.165, 1.54) is 4.90 Å². The standard InChI is InChI=1S/C17H17F3N2O4/c18-17(19,20)11-3-1-10(2-4-11)14(23)21-5-7-22(8-6-21)15(24)12-9-13(12)16(25)26/h1-4,12-13H,5-9H2,(H,25,26). The van der Waals surface area contributed by atoms with E-state index in [9.17, 15) is 27.6 Å². The number of carboxylic acid groups (broad SMARTS) is 1. The zero-order valence-electron chi connectivity index (χ0n) is 13.7. The second kappa shape index (κ2) is 6.62. The van der Waals surface area contributed by atoms with Crippen molar-refractivity contribution in [3.8, 4) is 0 Å². The lowest BCUT2D eigenvalue weighted by atomic mass is 10.1. The summed E-state index contributed by atoms with van der Waals surface area (Å²) < 4.78 is 37.7. The van der Waals surface area contributed by atoms with Crippen LogP contribution in [0.15, 0.2) is 24.3 Å². The number of hydrogen-bond donors (Lipinski definition) is 1. The Morgan fingerprint density at radius 2 is 1.46 bits per heavy atom. The van der Waals surface area contributed by atoms with Crippen molar-refractivity contribution in [2.75, 3.05) is 26.2 Å². The van der Waals surface area contributed by atoms with Crippen LogP contribution < -0.4 is 0 Å². The fourth-order valence-electron chi connectivity index (χ4n) is 3.09. The van der Waals surface area contributed by atoms with Crippen LogP contribution in [0.1, 0.15) is 22.3 Å². The number of benzene rings is 1. The molecule has 1 heterocycles. The van der Waals surface area contributed by atoms with Crippen molar-refractivity contribution in [3.63, 3.8) is 0 Å². The Morgan fingerprint density at radius 3 is 1.92 bits per heavy atom. The number of amides is 2. The van der Waals surface area contributed by atoms with E-state index in [2.05, 4.69) is 0 Å². The van der Waals surface area contributed by atoms with Gasteiger partial charge in [0.05, 0.1) is 17.4 Å². The zero-order chi connectivity index (χ0) is 19.1. The highest BCUT2D eigenvalue weighted by Gasteiger charge is 2.50. The van der Waals surface area contributed by atoms with Crippen LogP contribution >= 0.6 is 0 Å². The molecule has 1 N–H and O–H groups in total. The molecule has 140 valence electrons. The molecule has 2 unspecified atom stereocenters. The van der Waals surface area contributed by atoms with Gasteiger partial charge in [-0.1, -0.05) is 0 Å². The fourth-order valence-corrected chi connectivity index (χ4v) is 3.09. The van der Waals surface area contributed by atoms with Crippen molar-refractivity contribution in [2.45, 2.75) is 12.6 Å². The number of carboxylic acids is 1. The summed E-state index contributed by atoms with van der Waals surface area (Å²) in [6.07, 6.45) is -4.11. The van der Waals surface area contributed by atoms with Crippen molar-refractivity contribution in [2.24, 2.45) is 11.8 Å². The smallest absolute Gasteiger partial charge is 0.416 e. The quantitative estimate of drug-likeness (QED) is 0.879. The minimum atomic E-state index is -4.45. The highest BCUT2D eigenvalue weighted by atomic mass is 19.4. The first-order valence-corrected chi connectivity index (χ1v) is 8.16. The molecule has 1 aliphatic carbocycles. The second-order valence-electron chi connectivity index (χ2n) is 6.48. The Bertz CT molecular complexity index is 725. The summed E-state index contributed by atoms with van der Waals surface area (Å²) >= 11 is 0. The van der Waals surface area contributed by atoms with E-state index in [1.807, 2.05) is 0 Å². The minimum Gasteiger partial charge on any atom is -0.481 e. The van der Waals surface area contributed by atoms with E-state index in [1.54, 1.807) is 4.90 Å². The van der Waals surface area contributed by atoms with E-state index in [-0.39, 0.29) is 43.6 Å². The van der Waals surface area contributed by atoms with Crippen LogP contribution in [0.3, 0.4) is 0 Å². The van der Waals surface area contributed by atoms with Gasteiger partial charge in [0.15, 0.2) is 0 Å². The molecule has 26 heavy (non-hydrogen) atoms. The Balaban J connectivity index is 1.55. The maximum atomic E-state index is 12.6. The number of nitrogens with zero attached hydrogens (tertiary/aromatic N) is 2. The normalized spacial score (nSPS) is 22.9. The molecule has 0 bridgehead atoms. The molecule has 2 fully saturated rings. The molecule has 1 aromatic rings. The lowest BCUT2D eigenvalue weighted by Gasteiger charge is -2.35. The van der Waals surface area contributed by atoms with Gasteiger partial charge in [0.1, 0.15) is 0 Å². The number of carbonyl (C=O) groups is 3. The van der Waals surface area contributed by atoms with E-state index < -0.39 is 29.5 Å². The van der Waals surface area contributed by atoms with Crippen molar-refractivity contribution < 1.29 is 32.7 Å². The van der Waals surface area contributed by atoms with Crippen LogP contribution in [0.4, 0.5) is 13.2 Å².